The van der Waals surface area contributed by atoms with Gasteiger partial charge >= 0.3 is 0 Å². The van der Waals surface area contributed by atoms with E-state index in [1.165, 1.54) is 11.8 Å². The van der Waals surface area contributed by atoms with Crippen LogP contribution in [0.4, 0.5) is 11.4 Å². The minimum absolute atomic E-state index is 0.142. The Labute approximate surface area is 183 Å². The summed E-state index contributed by atoms with van der Waals surface area (Å²) in [6.45, 7) is 3.49. The van der Waals surface area contributed by atoms with E-state index in [0.29, 0.717) is 29.2 Å². The molecule has 1 amide bonds. The first-order chi connectivity index (χ1) is 14.3. The number of rotatable bonds is 8. The normalized spacial score (nSPS) is 11.7. The molecule has 0 radical (unpaired) electrons. The van der Waals surface area contributed by atoms with Crippen LogP contribution < -0.4 is 10.0 Å². The van der Waals surface area contributed by atoms with Crippen molar-refractivity contribution in [1.29, 1.82) is 0 Å². The summed E-state index contributed by atoms with van der Waals surface area (Å²) in [7, 11) is -3.69. The summed E-state index contributed by atoms with van der Waals surface area (Å²) in [5.74, 6) is 0.260. The van der Waals surface area contributed by atoms with E-state index >= 15 is 0 Å². The molecule has 0 atom stereocenters. The molecule has 0 bridgehead atoms. The van der Waals surface area contributed by atoms with Crippen molar-refractivity contribution >= 4 is 62.6 Å². The van der Waals surface area contributed by atoms with Gasteiger partial charge in [-0.1, -0.05) is 18.1 Å². The first kappa shape index (κ1) is 22.1. The maximum atomic E-state index is 12.7. The summed E-state index contributed by atoms with van der Waals surface area (Å²) < 4.78 is 33.4. The summed E-state index contributed by atoms with van der Waals surface area (Å²) in [6.07, 6.45) is 5.65. The highest BCUT2D eigenvalue weighted by Crippen LogP contribution is 2.28. The molecule has 2 heterocycles. The van der Waals surface area contributed by atoms with Gasteiger partial charge in [0.1, 0.15) is 15.6 Å². The lowest BCUT2D eigenvalue weighted by Crippen LogP contribution is -2.11. The number of thioether (sulfide) groups is 1. The molecule has 0 saturated heterocycles. The second-order valence-electron chi connectivity index (χ2n) is 6.24. The minimum atomic E-state index is -3.69. The number of anilines is 2. The van der Waals surface area contributed by atoms with Gasteiger partial charge in [-0.3, -0.25) is 9.52 Å². The lowest BCUT2D eigenvalue weighted by Gasteiger charge is -2.07. The molecule has 0 unspecified atom stereocenters. The largest absolute Gasteiger partial charge is 0.354 e. The van der Waals surface area contributed by atoms with Gasteiger partial charge < -0.3 is 9.84 Å². The molecular weight excluding hydrogens is 442 g/mol. The van der Waals surface area contributed by atoms with Crippen molar-refractivity contribution in [2.45, 2.75) is 29.4 Å². The number of nitrogens with one attached hydrogen (secondary N) is 2. The highest BCUT2D eigenvalue weighted by Gasteiger charge is 2.17. The molecule has 30 heavy (non-hydrogen) atoms. The predicted molar refractivity (Wildman–Crippen MR) is 122 cm³/mol. The molecule has 2 N–H and O–H groups in total. The van der Waals surface area contributed by atoms with Gasteiger partial charge in [-0.05, 0) is 55.7 Å². The Bertz CT molecular complexity index is 1180. The number of aryl methyl sites for hydroxylation is 1. The fourth-order valence-corrected chi connectivity index (χ4v) is 5.24. The third-order valence-electron chi connectivity index (χ3n) is 4.06. The number of sulfonamides is 1. The molecule has 0 spiro atoms. The SMILES string of the molecule is CCC(=O)Nc1c(C)noc1C=Cc1ccc(S(=O)(=O)Nc2cccc(SC)c2)s1. The zero-order chi connectivity index (χ0) is 21.7. The van der Waals surface area contributed by atoms with Crippen LogP contribution in [0.1, 0.15) is 29.7 Å². The molecule has 158 valence electrons. The monoisotopic (exact) mass is 463 g/mol. The average molecular weight is 464 g/mol. The maximum absolute atomic E-state index is 12.7. The van der Waals surface area contributed by atoms with Crippen LogP contribution in [-0.2, 0) is 14.8 Å². The van der Waals surface area contributed by atoms with Crippen molar-refractivity contribution in [3.63, 3.8) is 0 Å². The smallest absolute Gasteiger partial charge is 0.271 e. The Morgan fingerprint density at radius 3 is 2.80 bits per heavy atom. The first-order valence-corrected chi connectivity index (χ1v) is 12.6. The molecule has 2 aromatic heterocycles. The summed E-state index contributed by atoms with van der Waals surface area (Å²) >= 11 is 2.67. The number of carbonyl (C=O) groups is 1. The first-order valence-electron chi connectivity index (χ1n) is 9.03. The third kappa shape index (κ3) is 5.32. The van der Waals surface area contributed by atoms with Crippen LogP contribution in [0.3, 0.4) is 0 Å². The number of amides is 1. The van der Waals surface area contributed by atoms with E-state index in [9.17, 15) is 13.2 Å². The van der Waals surface area contributed by atoms with Gasteiger partial charge in [0, 0.05) is 21.9 Å². The van der Waals surface area contributed by atoms with Crippen LogP contribution in [0.2, 0.25) is 0 Å². The Morgan fingerprint density at radius 1 is 1.27 bits per heavy atom. The average Bonchev–Trinajstić information content (AvgIpc) is 3.34. The Hall–Kier alpha value is -2.56. The molecule has 0 aliphatic rings. The molecular formula is C20H21N3O4S3. The summed E-state index contributed by atoms with van der Waals surface area (Å²) in [6, 6.07) is 10.5. The van der Waals surface area contributed by atoms with Gasteiger partial charge in [0.25, 0.3) is 10.0 Å². The molecule has 0 fully saturated rings. The molecule has 0 aliphatic carbocycles. The van der Waals surface area contributed by atoms with Gasteiger partial charge in [-0.15, -0.1) is 23.1 Å². The van der Waals surface area contributed by atoms with Crippen LogP contribution in [0.25, 0.3) is 12.2 Å². The molecule has 3 aromatic rings. The standard InChI is InChI=1S/C20H21N3O4S3/c1-4-18(24)21-20-13(2)22-27-17(20)10-8-15-9-11-19(29-15)30(25,26)23-14-6-5-7-16(12-14)28-3/h5-12,23H,4H2,1-3H3,(H,21,24). The predicted octanol–water partition coefficient (Wildman–Crippen LogP) is 5.09. The highest BCUT2D eigenvalue weighted by molar-refractivity contribution is 7.98. The second kappa shape index (κ2) is 9.50. The van der Waals surface area contributed by atoms with E-state index in [2.05, 4.69) is 15.2 Å². The van der Waals surface area contributed by atoms with Crippen molar-refractivity contribution in [3.05, 3.63) is 52.7 Å². The Balaban J connectivity index is 1.77. The highest BCUT2D eigenvalue weighted by atomic mass is 32.2. The number of thiophene rings is 1. The van der Waals surface area contributed by atoms with Crippen molar-refractivity contribution < 1.29 is 17.7 Å². The number of benzene rings is 1. The molecule has 10 heteroatoms. The fourth-order valence-electron chi connectivity index (χ4n) is 2.50. The number of nitrogens with zero attached hydrogens (tertiary/aromatic N) is 1. The van der Waals surface area contributed by atoms with Crippen LogP contribution in [0.5, 0.6) is 0 Å². The minimum Gasteiger partial charge on any atom is -0.354 e. The van der Waals surface area contributed by atoms with E-state index in [4.69, 9.17) is 4.52 Å². The van der Waals surface area contributed by atoms with Crippen LogP contribution in [-0.4, -0.2) is 25.7 Å². The Kier molecular flexibility index (Phi) is 7.01. The van der Waals surface area contributed by atoms with Crippen LogP contribution >= 0.6 is 23.1 Å². The number of aromatic nitrogens is 1. The molecule has 1 aromatic carbocycles. The van der Waals surface area contributed by atoms with Gasteiger partial charge in [-0.2, -0.15) is 0 Å². The summed E-state index contributed by atoms with van der Waals surface area (Å²) in [5, 5.41) is 6.64. The van der Waals surface area contributed by atoms with Crippen molar-refractivity contribution in [2.24, 2.45) is 0 Å². The van der Waals surface area contributed by atoms with Gasteiger partial charge in [-0.25, -0.2) is 8.42 Å². The Morgan fingerprint density at radius 2 is 2.07 bits per heavy atom. The lowest BCUT2D eigenvalue weighted by molar-refractivity contribution is -0.115. The van der Waals surface area contributed by atoms with Crippen molar-refractivity contribution in [2.75, 3.05) is 16.3 Å². The van der Waals surface area contributed by atoms with Crippen LogP contribution in [0.15, 0.2) is 50.0 Å². The maximum Gasteiger partial charge on any atom is 0.271 e. The van der Waals surface area contributed by atoms with E-state index in [1.807, 2.05) is 12.3 Å². The zero-order valence-corrected chi connectivity index (χ0v) is 19.1. The number of carbonyl (C=O) groups excluding carboxylic acids is 1. The summed E-state index contributed by atoms with van der Waals surface area (Å²) in [4.78, 5) is 13.4. The molecule has 0 aliphatic heterocycles. The summed E-state index contributed by atoms with van der Waals surface area (Å²) in [5.41, 5.74) is 1.60. The van der Waals surface area contributed by atoms with E-state index in [1.54, 1.807) is 56.3 Å². The number of hydrogen-bond acceptors (Lipinski definition) is 7. The lowest BCUT2D eigenvalue weighted by atomic mass is 10.2. The van der Waals surface area contributed by atoms with Crippen molar-refractivity contribution in [3.8, 4) is 0 Å². The second-order valence-corrected chi connectivity index (χ2v) is 10.1. The fraction of sp³-hybridized carbons (Fsp3) is 0.200. The van der Waals surface area contributed by atoms with Gasteiger partial charge in [0.15, 0.2) is 5.76 Å². The molecule has 0 saturated carbocycles. The van der Waals surface area contributed by atoms with E-state index in [-0.39, 0.29) is 10.1 Å². The van der Waals surface area contributed by atoms with Crippen LogP contribution in [0, 0.1) is 6.92 Å². The van der Waals surface area contributed by atoms with Crippen molar-refractivity contribution in [1.82, 2.24) is 5.16 Å². The third-order valence-corrected chi connectivity index (χ3v) is 7.71. The molecule has 3 rings (SSSR count). The van der Waals surface area contributed by atoms with Gasteiger partial charge in [0.05, 0.1) is 0 Å². The van der Waals surface area contributed by atoms with E-state index in [0.717, 1.165) is 21.1 Å². The topological polar surface area (TPSA) is 101 Å². The number of hydrogen-bond donors (Lipinski definition) is 2. The van der Waals surface area contributed by atoms with E-state index < -0.39 is 10.0 Å². The zero-order valence-electron chi connectivity index (χ0n) is 16.6. The molecule has 7 nitrogen and oxygen atoms in total. The quantitative estimate of drug-likeness (QED) is 0.452. The van der Waals surface area contributed by atoms with Gasteiger partial charge in [0.2, 0.25) is 5.91 Å².